The highest BCUT2D eigenvalue weighted by Crippen LogP contribution is 2.52. The molecule has 0 fully saturated rings. The zero-order valence-electron chi connectivity index (χ0n) is 30.9. The Hall–Kier alpha value is -5.25. The van der Waals surface area contributed by atoms with Gasteiger partial charge in [-0.05, 0) is 128 Å². The van der Waals surface area contributed by atoms with Crippen LogP contribution in [0.2, 0.25) is 0 Å². The van der Waals surface area contributed by atoms with Crippen molar-refractivity contribution in [2.75, 3.05) is 48.5 Å². The Labute approximate surface area is 310 Å². The van der Waals surface area contributed by atoms with Crippen molar-refractivity contribution in [3.63, 3.8) is 0 Å². The molecule has 4 aliphatic heterocycles. The number of hydrogen-bond acceptors (Lipinski definition) is 8. The predicted molar refractivity (Wildman–Crippen MR) is 202 cm³/mol. The van der Waals surface area contributed by atoms with E-state index in [0.717, 1.165) is 60.4 Å². The van der Waals surface area contributed by atoms with E-state index in [9.17, 15) is 4.39 Å². The molecule has 0 aromatic heterocycles. The SMILES string of the molecule is COc1ccc2cc1Oc1ccc(cc1)CC1c3cc(c(OC)cc3CCN1C)Oc1c(OCc3ccc(F)cc3)c(OC)cc3c1C(C2)N(C)CC3. The van der Waals surface area contributed by atoms with Gasteiger partial charge in [-0.2, -0.15) is 0 Å². The second-order valence-electron chi connectivity index (χ2n) is 14.2. The summed E-state index contributed by atoms with van der Waals surface area (Å²) in [6.45, 7) is 1.97. The molecule has 9 rings (SSSR count). The van der Waals surface area contributed by atoms with Crippen LogP contribution in [-0.4, -0.2) is 58.3 Å². The Bertz CT molecular complexity index is 2120. The van der Waals surface area contributed by atoms with E-state index in [4.69, 9.17) is 28.4 Å². The van der Waals surface area contributed by atoms with Gasteiger partial charge in [0.15, 0.2) is 34.5 Å². The normalized spacial score (nSPS) is 18.2. The van der Waals surface area contributed by atoms with Gasteiger partial charge in [-0.3, -0.25) is 9.80 Å². The van der Waals surface area contributed by atoms with Gasteiger partial charge >= 0.3 is 0 Å². The molecular formula is C44H45FN2O6. The summed E-state index contributed by atoms with van der Waals surface area (Å²) in [5.41, 5.74) is 7.70. The van der Waals surface area contributed by atoms with Crippen molar-refractivity contribution >= 4 is 0 Å². The molecule has 0 N–H and O–H groups in total. The van der Waals surface area contributed by atoms with Gasteiger partial charge in [0.05, 0.1) is 21.3 Å². The maximum Gasteiger partial charge on any atom is 0.204 e. The number of likely N-dealkylation sites (N-methyl/N-ethyl adjacent to an activating group) is 2. The number of halogens is 1. The quantitative estimate of drug-likeness (QED) is 0.173. The molecule has 274 valence electrons. The van der Waals surface area contributed by atoms with Crippen LogP contribution in [0.3, 0.4) is 0 Å². The summed E-state index contributed by atoms with van der Waals surface area (Å²) < 4.78 is 52.0. The van der Waals surface area contributed by atoms with Crippen molar-refractivity contribution in [1.29, 1.82) is 0 Å². The molecule has 0 amide bonds. The van der Waals surface area contributed by atoms with Crippen LogP contribution in [0.15, 0.2) is 84.9 Å². The molecule has 4 heterocycles. The fourth-order valence-corrected chi connectivity index (χ4v) is 7.95. The van der Waals surface area contributed by atoms with Gasteiger partial charge in [0, 0.05) is 30.7 Å². The average molecular weight is 717 g/mol. The van der Waals surface area contributed by atoms with Gasteiger partial charge in [-0.25, -0.2) is 4.39 Å². The first-order valence-corrected chi connectivity index (χ1v) is 18.2. The number of rotatable bonds is 6. The third kappa shape index (κ3) is 6.87. The fourth-order valence-electron chi connectivity index (χ4n) is 7.95. The Morgan fingerprint density at radius 1 is 0.660 bits per heavy atom. The van der Waals surface area contributed by atoms with Crippen LogP contribution in [-0.2, 0) is 32.3 Å². The molecule has 53 heavy (non-hydrogen) atoms. The maximum absolute atomic E-state index is 13.8. The molecular weight excluding hydrogens is 671 g/mol. The number of benzene rings is 5. The lowest BCUT2D eigenvalue weighted by molar-refractivity contribution is 0.216. The van der Waals surface area contributed by atoms with E-state index >= 15 is 0 Å². The highest BCUT2D eigenvalue weighted by atomic mass is 19.1. The van der Waals surface area contributed by atoms with Crippen molar-refractivity contribution in [3.05, 3.63) is 130 Å². The molecule has 6 bridgehead atoms. The van der Waals surface area contributed by atoms with Gasteiger partial charge in [0.25, 0.3) is 0 Å². The minimum Gasteiger partial charge on any atom is -0.493 e. The lowest BCUT2D eigenvalue weighted by Gasteiger charge is -2.37. The van der Waals surface area contributed by atoms with Gasteiger partial charge in [-0.1, -0.05) is 30.3 Å². The average Bonchev–Trinajstić information content (AvgIpc) is 3.17. The molecule has 4 aliphatic rings. The van der Waals surface area contributed by atoms with E-state index in [1.807, 2.05) is 18.2 Å². The topological polar surface area (TPSA) is 61.9 Å². The van der Waals surface area contributed by atoms with E-state index in [1.165, 1.54) is 28.8 Å². The molecule has 2 atom stereocenters. The minimum absolute atomic E-state index is 0.0882. The van der Waals surface area contributed by atoms with E-state index in [1.54, 1.807) is 33.5 Å². The summed E-state index contributed by atoms with van der Waals surface area (Å²) in [5.74, 6) is 4.68. The summed E-state index contributed by atoms with van der Waals surface area (Å²) in [4.78, 5) is 4.77. The highest BCUT2D eigenvalue weighted by Gasteiger charge is 2.35. The fraction of sp³-hybridized carbons (Fsp3) is 0.318. The molecule has 2 unspecified atom stereocenters. The number of ether oxygens (including phenoxy) is 6. The van der Waals surface area contributed by atoms with Gasteiger partial charge in [-0.15, -0.1) is 0 Å². The second kappa shape index (κ2) is 14.6. The smallest absolute Gasteiger partial charge is 0.204 e. The number of nitrogens with zero attached hydrogens (tertiary/aromatic N) is 2. The van der Waals surface area contributed by atoms with Crippen LogP contribution in [0.1, 0.15) is 51.0 Å². The molecule has 9 heteroatoms. The lowest BCUT2D eigenvalue weighted by atomic mass is 9.87. The zero-order chi connectivity index (χ0) is 36.6. The molecule has 5 aromatic carbocycles. The van der Waals surface area contributed by atoms with Crippen molar-refractivity contribution in [1.82, 2.24) is 9.80 Å². The molecule has 0 saturated carbocycles. The largest absolute Gasteiger partial charge is 0.493 e. The third-order valence-corrected chi connectivity index (χ3v) is 10.9. The summed E-state index contributed by atoms with van der Waals surface area (Å²) >= 11 is 0. The van der Waals surface area contributed by atoms with E-state index in [-0.39, 0.29) is 24.5 Å². The van der Waals surface area contributed by atoms with Crippen molar-refractivity contribution in [3.8, 4) is 46.0 Å². The third-order valence-electron chi connectivity index (χ3n) is 10.9. The number of fused-ring (bicyclic) bond motifs is 2. The molecule has 0 aliphatic carbocycles. The number of hydrogen-bond donors (Lipinski definition) is 0. The Morgan fingerprint density at radius 2 is 1.30 bits per heavy atom. The molecule has 5 aromatic rings. The Kier molecular flexibility index (Phi) is 9.62. The second-order valence-corrected chi connectivity index (χ2v) is 14.2. The molecule has 0 saturated heterocycles. The van der Waals surface area contributed by atoms with Crippen molar-refractivity contribution in [2.24, 2.45) is 0 Å². The van der Waals surface area contributed by atoms with Crippen LogP contribution in [0.4, 0.5) is 4.39 Å². The van der Waals surface area contributed by atoms with Crippen molar-refractivity contribution in [2.45, 2.75) is 44.4 Å². The zero-order valence-corrected chi connectivity index (χ0v) is 30.9. The lowest BCUT2D eigenvalue weighted by Crippen LogP contribution is -2.34. The minimum atomic E-state index is -0.298. The standard InChI is InChI=1S/C44H45FN2O6/c1-46-18-16-30-23-38(49-4)40-25-34(30)35(46)20-27-8-13-33(14-9-27)52-39-22-29(10-15-37(39)48-3)21-36-42-31(17-19-47(36)2)24-41(50-5)43(44(42)53-40)51-26-28-6-11-32(45)12-7-28/h6-15,22-25,35-36H,16-21,26H2,1-5H3. The van der Waals surface area contributed by atoms with Crippen LogP contribution in [0.25, 0.3) is 0 Å². The van der Waals surface area contributed by atoms with Crippen LogP contribution < -0.4 is 28.4 Å². The first kappa shape index (κ1) is 34.8. The summed E-state index contributed by atoms with van der Waals surface area (Å²) in [7, 11) is 9.33. The van der Waals surface area contributed by atoms with Crippen molar-refractivity contribution < 1.29 is 32.8 Å². The van der Waals surface area contributed by atoms with Gasteiger partial charge in [0.2, 0.25) is 5.75 Å². The maximum atomic E-state index is 13.8. The summed E-state index contributed by atoms with van der Waals surface area (Å²) in [5, 5.41) is 0. The van der Waals surface area contributed by atoms with Gasteiger partial charge in [0.1, 0.15) is 18.2 Å². The molecule has 0 spiro atoms. The Balaban J connectivity index is 1.34. The first-order valence-electron chi connectivity index (χ1n) is 18.2. The van der Waals surface area contributed by atoms with Crippen LogP contribution in [0, 0.1) is 5.82 Å². The highest BCUT2D eigenvalue weighted by molar-refractivity contribution is 5.64. The van der Waals surface area contributed by atoms with Crippen LogP contribution in [0.5, 0.6) is 46.0 Å². The first-order chi connectivity index (χ1) is 25.8. The van der Waals surface area contributed by atoms with E-state index in [0.29, 0.717) is 46.7 Å². The number of methoxy groups -OCH3 is 3. The van der Waals surface area contributed by atoms with Crippen LogP contribution >= 0.6 is 0 Å². The molecule has 8 nitrogen and oxygen atoms in total. The predicted octanol–water partition coefficient (Wildman–Crippen LogP) is 8.87. The monoisotopic (exact) mass is 716 g/mol. The summed E-state index contributed by atoms with van der Waals surface area (Å²) in [6, 6.07) is 27.2. The van der Waals surface area contributed by atoms with E-state index < -0.39 is 0 Å². The Morgan fingerprint density at radius 3 is 2.04 bits per heavy atom. The summed E-state index contributed by atoms with van der Waals surface area (Å²) in [6.07, 6.45) is 3.17. The molecule has 0 radical (unpaired) electrons. The van der Waals surface area contributed by atoms with Gasteiger partial charge < -0.3 is 28.4 Å². The van der Waals surface area contributed by atoms with E-state index in [2.05, 4.69) is 66.4 Å².